The molecule has 0 aliphatic heterocycles. The molecular weight excluding hydrogens is 855 g/mol. The molecule has 0 spiro atoms. The minimum Gasteiger partial charge on any atom is -0.481 e. The molecular formula is C41H73N3O16S2. The lowest BCUT2D eigenvalue weighted by molar-refractivity contribution is -0.145. The molecule has 360 valence electrons. The first-order chi connectivity index (χ1) is 29.3. The zero-order chi connectivity index (χ0) is 46.7. The predicted octanol–water partition coefficient (Wildman–Crippen LogP) is 4.26. The second-order valence-corrected chi connectivity index (χ2v) is 18.9. The minimum atomic E-state index is -3.87. The van der Waals surface area contributed by atoms with Crippen LogP contribution in [0.3, 0.4) is 0 Å². The first kappa shape index (κ1) is 58.5. The number of carbonyl (C=O) groups excluding carboxylic acids is 5. The Morgan fingerprint density at radius 1 is 0.548 bits per heavy atom. The van der Waals surface area contributed by atoms with Crippen molar-refractivity contribution in [2.24, 2.45) is 5.92 Å². The van der Waals surface area contributed by atoms with Gasteiger partial charge in [0.1, 0.15) is 18.4 Å². The number of Topliss-reactive ketones (excluding diaryl/α,β-unsaturated/α-hetero) is 2. The predicted molar refractivity (Wildman–Crippen MR) is 230 cm³/mol. The Bertz CT molecular complexity index is 1560. The fraction of sp³-hybridized carbons (Fsp3) is 0.829. The van der Waals surface area contributed by atoms with E-state index in [1.807, 2.05) is 0 Å². The molecule has 62 heavy (non-hydrogen) atoms. The van der Waals surface area contributed by atoms with Crippen LogP contribution in [0.15, 0.2) is 0 Å². The number of hydrogen-bond donors (Lipinski definition) is 6. The number of aliphatic carboxylic acids is 2. The summed E-state index contributed by atoms with van der Waals surface area (Å²) in [5.41, 5.74) is 0. The van der Waals surface area contributed by atoms with Gasteiger partial charge in [-0.15, -0.1) is 0 Å². The van der Waals surface area contributed by atoms with Crippen LogP contribution in [0.4, 0.5) is 0 Å². The average Bonchev–Trinajstić information content (AvgIpc) is 3.19. The van der Waals surface area contributed by atoms with E-state index in [1.54, 1.807) is 6.92 Å². The van der Waals surface area contributed by atoms with Crippen molar-refractivity contribution in [1.29, 1.82) is 0 Å². The molecule has 0 unspecified atom stereocenters. The van der Waals surface area contributed by atoms with Gasteiger partial charge in [-0.05, 0) is 32.1 Å². The average molecular weight is 928 g/mol. The largest absolute Gasteiger partial charge is 0.481 e. The number of nitrogens with one attached hydrogen (secondary N) is 3. The summed E-state index contributed by atoms with van der Waals surface area (Å²) >= 11 is 0. The summed E-state index contributed by atoms with van der Waals surface area (Å²) < 4.78 is 67.3. The second kappa shape index (κ2) is 35.9. The molecule has 6 N–H and O–H groups in total. The molecule has 21 heteroatoms. The Kier molecular flexibility index (Phi) is 33.8. The smallest absolute Gasteiger partial charge is 0.326 e. The van der Waals surface area contributed by atoms with E-state index in [0.29, 0.717) is 12.8 Å². The highest BCUT2D eigenvalue weighted by Crippen LogP contribution is 2.15. The van der Waals surface area contributed by atoms with Crippen LogP contribution in [0.2, 0.25) is 0 Å². The van der Waals surface area contributed by atoms with Gasteiger partial charge in [-0.25, -0.2) is 13.2 Å². The van der Waals surface area contributed by atoms with Crippen LogP contribution in [0.25, 0.3) is 0 Å². The van der Waals surface area contributed by atoms with Crippen LogP contribution < -0.4 is 15.4 Å². The van der Waals surface area contributed by atoms with Crippen LogP contribution >= 0.6 is 0 Å². The maximum Gasteiger partial charge on any atom is 0.326 e. The van der Waals surface area contributed by atoms with Gasteiger partial charge in [0.25, 0.3) is 10.1 Å². The van der Waals surface area contributed by atoms with Gasteiger partial charge in [0.2, 0.25) is 27.7 Å². The molecule has 0 saturated heterocycles. The number of ketones is 2. The second-order valence-electron chi connectivity index (χ2n) is 15.5. The Labute approximate surface area is 367 Å². The summed E-state index contributed by atoms with van der Waals surface area (Å²) in [6.45, 7) is 1.55. The summed E-state index contributed by atoms with van der Waals surface area (Å²) in [6.07, 6.45) is 14.2. The molecule has 3 amide bonds. The molecule has 19 nitrogen and oxygen atoms in total. The van der Waals surface area contributed by atoms with Crippen molar-refractivity contribution in [3.05, 3.63) is 0 Å². The molecule has 0 bridgehead atoms. The maximum atomic E-state index is 12.3. The first-order valence-corrected chi connectivity index (χ1v) is 25.3. The number of carboxylic acid groups (broad SMARTS) is 2. The van der Waals surface area contributed by atoms with Crippen molar-refractivity contribution in [1.82, 2.24) is 15.4 Å². The third kappa shape index (κ3) is 37.1. The highest BCUT2D eigenvalue weighted by molar-refractivity contribution is 7.90. The maximum absolute atomic E-state index is 12.3. The van der Waals surface area contributed by atoms with E-state index in [1.165, 1.54) is 25.7 Å². The SMILES string of the molecule is CCC(=O)CC[C@@H](NC(=O)CC[C@H](CC(=O)COCCOCCNC(=O)CCCS(=O)(=O)NC(=O)CCCCCCCCCCCCCCCCCS(=O)(=O)O)C(=O)O)C(=O)O. The van der Waals surface area contributed by atoms with E-state index < -0.39 is 80.6 Å². The van der Waals surface area contributed by atoms with Gasteiger partial charge in [0.05, 0.1) is 37.2 Å². The molecule has 0 saturated carbocycles. The van der Waals surface area contributed by atoms with Gasteiger partial charge in [-0.1, -0.05) is 90.4 Å². The zero-order valence-electron chi connectivity index (χ0n) is 36.5. The number of ether oxygens (including phenoxy) is 2. The number of hydrogen-bond acceptors (Lipinski definition) is 13. The lowest BCUT2D eigenvalue weighted by atomic mass is 9.97. The topological polar surface area (TPSA) is 303 Å². The van der Waals surface area contributed by atoms with E-state index in [0.717, 1.165) is 57.8 Å². The van der Waals surface area contributed by atoms with E-state index in [2.05, 4.69) is 15.4 Å². The number of carbonyl (C=O) groups is 7. The standard InChI is InChI=1S/C41H73N3O16S2/c1-2-34(45)22-23-36(41(52)53)43-38(48)24-21-33(40(50)51)31-35(46)32-60-28-27-59-26-25-42-37(47)20-18-29-61(54,55)44-39(49)19-16-14-12-10-8-6-4-3-5-7-9-11-13-15-17-30-62(56,57)58/h33,36H,2-32H2,1H3,(H,42,47)(H,43,48)(H,44,49)(H,50,51)(H,52,53)(H,56,57,58)/t33-,36-/m1/s1. The summed E-state index contributed by atoms with van der Waals surface area (Å²) in [7, 11) is -7.71. The Morgan fingerprint density at radius 3 is 1.61 bits per heavy atom. The summed E-state index contributed by atoms with van der Waals surface area (Å²) in [4.78, 5) is 83.2. The van der Waals surface area contributed by atoms with Crippen LogP contribution in [0, 0.1) is 5.92 Å². The summed E-state index contributed by atoms with van der Waals surface area (Å²) in [6, 6.07) is -1.29. The van der Waals surface area contributed by atoms with Gasteiger partial charge >= 0.3 is 11.9 Å². The summed E-state index contributed by atoms with van der Waals surface area (Å²) in [5, 5.41) is 23.6. The van der Waals surface area contributed by atoms with Crippen molar-refractivity contribution in [3.8, 4) is 0 Å². The molecule has 0 fully saturated rings. The van der Waals surface area contributed by atoms with Crippen LogP contribution in [0.1, 0.15) is 161 Å². The number of unbranched alkanes of at least 4 members (excludes halogenated alkanes) is 14. The molecule has 0 aromatic carbocycles. The molecule has 0 aromatic heterocycles. The highest BCUT2D eigenvalue weighted by atomic mass is 32.2. The van der Waals surface area contributed by atoms with Gasteiger partial charge in [0, 0.05) is 45.1 Å². The van der Waals surface area contributed by atoms with Crippen LogP contribution in [0.5, 0.6) is 0 Å². The van der Waals surface area contributed by atoms with Crippen molar-refractivity contribution >= 4 is 61.4 Å². The van der Waals surface area contributed by atoms with E-state index in [4.69, 9.17) is 14.0 Å². The fourth-order valence-electron chi connectivity index (χ4n) is 6.28. The molecule has 0 aliphatic rings. The highest BCUT2D eigenvalue weighted by Gasteiger charge is 2.25. The van der Waals surface area contributed by atoms with Crippen molar-refractivity contribution < 1.29 is 74.6 Å². The van der Waals surface area contributed by atoms with Gasteiger partial charge < -0.3 is 30.3 Å². The summed E-state index contributed by atoms with van der Waals surface area (Å²) in [5.74, 6) is -6.68. The normalized spacial score (nSPS) is 12.6. The molecule has 0 heterocycles. The molecule has 0 radical (unpaired) electrons. The van der Waals surface area contributed by atoms with E-state index >= 15 is 0 Å². The Morgan fingerprint density at radius 2 is 1.08 bits per heavy atom. The number of sulfonamides is 1. The quantitative estimate of drug-likeness (QED) is 0.0368. The molecule has 2 atom stereocenters. The minimum absolute atomic E-state index is 0.000124. The lowest BCUT2D eigenvalue weighted by Gasteiger charge is -2.15. The van der Waals surface area contributed by atoms with E-state index in [-0.39, 0.29) is 95.0 Å². The number of rotatable bonds is 43. The van der Waals surface area contributed by atoms with Crippen molar-refractivity contribution in [3.63, 3.8) is 0 Å². The van der Waals surface area contributed by atoms with Crippen LogP contribution in [-0.2, 0) is 63.2 Å². The number of carboxylic acids is 2. The third-order valence-electron chi connectivity index (χ3n) is 9.88. The molecule has 0 aliphatic carbocycles. The van der Waals surface area contributed by atoms with Crippen LogP contribution in [-0.4, -0.2) is 123 Å². The van der Waals surface area contributed by atoms with Gasteiger partial charge in [0.15, 0.2) is 5.78 Å². The Balaban J connectivity index is 3.89. The number of amides is 3. The lowest BCUT2D eigenvalue weighted by Crippen LogP contribution is -2.41. The fourth-order valence-corrected chi connectivity index (χ4v) is 7.93. The Hall–Kier alpha value is -3.53. The zero-order valence-corrected chi connectivity index (χ0v) is 38.2. The third-order valence-corrected chi connectivity index (χ3v) is 12.0. The van der Waals surface area contributed by atoms with E-state index in [9.17, 15) is 60.6 Å². The van der Waals surface area contributed by atoms with Gasteiger partial charge in [-0.3, -0.25) is 38.0 Å². The van der Waals surface area contributed by atoms with Crippen molar-refractivity contribution in [2.45, 2.75) is 167 Å². The van der Waals surface area contributed by atoms with Gasteiger partial charge in [-0.2, -0.15) is 8.42 Å². The van der Waals surface area contributed by atoms with Crippen molar-refractivity contribution in [2.75, 3.05) is 44.5 Å². The molecule has 0 aromatic rings. The first-order valence-electron chi connectivity index (χ1n) is 22.0. The monoisotopic (exact) mass is 927 g/mol. The molecule has 0 rings (SSSR count).